The molecule has 0 N–H and O–H groups in total. The molecule has 0 heterocycles. The van der Waals surface area contributed by atoms with E-state index in [-0.39, 0.29) is 0 Å². The van der Waals surface area contributed by atoms with Gasteiger partial charge in [-0.25, -0.2) is 0 Å². The summed E-state index contributed by atoms with van der Waals surface area (Å²) in [6, 6.07) is 0. The van der Waals surface area contributed by atoms with Gasteiger partial charge in [0, 0.05) is 0 Å². The summed E-state index contributed by atoms with van der Waals surface area (Å²) < 4.78 is 0. The molecular weight excluding hydrogens is 192 g/mol. The minimum Gasteiger partial charge on any atom is -0.0649 e. The summed E-state index contributed by atoms with van der Waals surface area (Å²) in [7, 11) is 0. The highest BCUT2D eigenvalue weighted by Gasteiger charge is 2.39. The molecule has 3 atom stereocenters. The highest BCUT2D eigenvalue weighted by molar-refractivity contribution is 4.90. The van der Waals surface area contributed by atoms with E-state index >= 15 is 0 Å². The van der Waals surface area contributed by atoms with E-state index in [1.54, 1.807) is 0 Å². The molecule has 0 amide bonds. The second-order valence-corrected chi connectivity index (χ2v) is 7.13. The van der Waals surface area contributed by atoms with E-state index in [4.69, 9.17) is 0 Å². The van der Waals surface area contributed by atoms with Crippen molar-refractivity contribution in [3.05, 3.63) is 0 Å². The first-order valence-corrected chi connectivity index (χ1v) is 7.39. The molecule has 16 heavy (non-hydrogen) atoms. The molecule has 0 saturated heterocycles. The van der Waals surface area contributed by atoms with Gasteiger partial charge in [0.15, 0.2) is 0 Å². The van der Waals surface area contributed by atoms with Crippen LogP contribution in [0, 0.1) is 29.1 Å². The van der Waals surface area contributed by atoms with E-state index in [0.29, 0.717) is 5.41 Å². The van der Waals surface area contributed by atoms with Crippen LogP contribution in [0.5, 0.6) is 0 Å². The average Bonchev–Trinajstić information content (AvgIpc) is 2.20. The predicted molar refractivity (Wildman–Crippen MR) is 73.5 cm³/mol. The molecule has 0 nitrogen and oxygen atoms in total. The van der Waals surface area contributed by atoms with Crippen LogP contribution in [0.25, 0.3) is 0 Å². The van der Waals surface area contributed by atoms with E-state index in [0.717, 1.165) is 23.7 Å². The lowest BCUT2D eigenvalue weighted by Gasteiger charge is -2.47. The summed E-state index contributed by atoms with van der Waals surface area (Å²) in [6.45, 7) is 14.5. The third-order valence-corrected chi connectivity index (χ3v) is 5.02. The van der Waals surface area contributed by atoms with Gasteiger partial charge in [-0.15, -0.1) is 0 Å². The van der Waals surface area contributed by atoms with Gasteiger partial charge in [-0.05, 0) is 54.8 Å². The fourth-order valence-electron chi connectivity index (χ4n) is 3.88. The monoisotopic (exact) mass is 224 g/mol. The van der Waals surface area contributed by atoms with E-state index in [1.165, 1.54) is 32.1 Å². The summed E-state index contributed by atoms with van der Waals surface area (Å²) in [5.41, 5.74) is 0.627. The van der Waals surface area contributed by atoms with Crippen LogP contribution in [0.2, 0.25) is 0 Å². The minimum atomic E-state index is 0.627. The molecule has 1 aliphatic rings. The fourth-order valence-corrected chi connectivity index (χ4v) is 3.88. The lowest BCUT2D eigenvalue weighted by Crippen LogP contribution is -2.37. The highest BCUT2D eigenvalue weighted by atomic mass is 14.4. The average molecular weight is 224 g/mol. The van der Waals surface area contributed by atoms with E-state index in [9.17, 15) is 0 Å². The van der Waals surface area contributed by atoms with Crippen LogP contribution in [0.1, 0.15) is 73.6 Å². The van der Waals surface area contributed by atoms with Crippen molar-refractivity contribution in [3.8, 4) is 0 Å². The van der Waals surface area contributed by atoms with Crippen molar-refractivity contribution in [2.45, 2.75) is 73.6 Å². The van der Waals surface area contributed by atoms with Crippen molar-refractivity contribution in [2.24, 2.45) is 29.1 Å². The maximum absolute atomic E-state index is 2.53. The molecule has 0 aromatic rings. The summed E-state index contributed by atoms with van der Waals surface area (Å²) >= 11 is 0. The number of hydrogen-bond acceptors (Lipinski definition) is 0. The van der Waals surface area contributed by atoms with Gasteiger partial charge in [0.05, 0.1) is 0 Å². The van der Waals surface area contributed by atoms with Gasteiger partial charge in [0.1, 0.15) is 0 Å². The van der Waals surface area contributed by atoms with Crippen LogP contribution in [0.15, 0.2) is 0 Å². The van der Waals surface area contributed by atoms with Crippen LogP contribution in [0.4, 0.5) is 0 Å². The van der Waals surface area contributed by atoms with Crippen LogP contribution >= 0.6 is 0 Å². The van der Waals surface area contributed by atoms with Gasteiger partial charge in [-0.3, -0.25) is 0 Å². The topological polar surface area (TPSA) is 0 Å². The van der Waals surface area contributed by atoms with Crippen molar-refractivity contribution >= 4 is 0 Å². The second-order valence-electron chi connectivity index (χ2n) is 7.13. The van der Waals surface area contributed by atoms with E-state index in [1.807, 2.05) is 0 Å². The zero-order valence-electron chi connectivity index (χ0n) is 12.3. The fraction of sp³-hybridized carbons (Fsp3) is 1.00. The molecule has 1 aliphatic carbocycles. The SMILES string of the molecule is CCC1(C)CCC(CC(C)C)CC1C(C)C. The van der Waals surface area contributed by atoms with E-state index < -0.39 is 0 Å². The summed E-state index contributed by atoms with van der Waals surface area (Å²) in [5, 5.41) is 0. The molecule has 0 aromatic heterocycles. The van der Waals surface area contributed by atoms with Gasteiger partial charge in [0.2, 0.25) is 0 Å². The van der Waals surface area contributed by atoms with Crippen molar-refractivity contribution in [3.63, 3.8) is 0 Å². The molecular formula is C16H32. The Hall–Kier alpha value is 0. The minimum absolute atomic E-state index is 0.627. The first kappa shape index (κ1) is 14.1. The molecule has 0 heteroatoms. The van der Waals surface area contributed by atoms with Crippen molar-refractivity contribution < 1.29 is 0 Å². The van der Waals surface area contributed by atoms with E-state index in [2.05, 4.69) is 41.5 Å². The Morgan fingerprint density at radius 3 is 2.25 bits per heavy atom. The lowest BCUT2D eigenvalue weighted by molar-refractivity contribution is 0.0366. The maximum Gasteiger partial charge on any atom is -0.0298 e. The molecule has 1 saturated carbocycles. The summed E-state index contributed by atoms with van der Waals surface area (Å²) in [5.74, 6) is 3.70. The van der Waals surface area contributed by atoms with Crippen LogP contribution in [-0.4, -0.2) is 0 Å². The Morgan fingerprint density at radius 1 is 1.19 bits per heavy atom. The zero-order valence-corrected chi connectivity index (χ0v) is 12.3. The number of hydrogen-bond donors (Lipinski definition) is 0. The molecule has 0 bridgehead atoms. The molecule has 0 spiro atoms. The molecule has 3 unspecified atom stereocenters. The smallest absolute Gasteiger partial charge is 0.0298 e. The zero-order chi connectivity index (χ0) is 12.3. The Bertz CT molecular complexity index is 204. The second kappa shape index (κ2) is 5.56. The van der Waals surface area contributed by atoms with Gasteiger partial charge < -0.3 is 0 Å². The Balaban J connectivity index is 2.65. The van der Waals surface area contributed by atoms with Gasteiger partial charge in [-0.1, -0.05) is 48.0 Å². The quantitative estimate of drug-likeness (QED) is 0.589. The molecule has 96 valence electrons. The van der Waals surface area contributed by atoms with Crippen LogP contribution in [0.3, 0.4) is 0 Å². The highest BCUT2D eigenvalue weighted by Crippen LogP contribution is 2.49. The molecule has 0 aliphatic heterocycles. The Morgan fingerprint density at radius 2 is 1.81 bits per heavy atom. The van der Waals surface area contributed by atoms with Gasteiger partial charge in [0.25, 0.3) is 0 Å². The maximum atomic E-state index is 2.53. The third-order valence-electron chi connectivity index (χ3n) is 5.02. The summed E-state index contributed by atoms with van der Waals surface area (Å²) in [4.78, 5) is 0. The third kappa shape index (κ3) is 3.25. The normalized spacial score (nSPS) is 36.0. The van der Waals surface area contributed by atoms with Gasteiger partial charge in [-0.2, -0.15) is 0 Å². The Kier molecular flexibility index (Phi) is 4.88. The Labute approximate surface area is 103 Å². The first-order chi connectivity index (χ1) is 7.39. The van der Waals surface area contributed by atoms with Crippen molar-refractivity contribution in [2.75, 3.05) is 0 Å². The largest absolute Gasteiger partial charge is 0.0649 e. The molecule has 1 fully saturated rings. The van der Waals surface area contributed by atoms with Gasteiger partial charge >= 0.3 is 0 Å². The summed E-state index contributed by atoms with van der Waals surface area (Å²) in [6.07, 6.45) is 7.24. The van der Waals surface area contributed by atoms with Crippen molar-refractivity contribution in [1.29, 1.82) is 0 Å². The first-order valence-electron chi connectivity index (χ1n) is 7.39. The standard InChI is InChI=1S/C16H32/c1-7-16(6)9-8-14(10-12(2)3)11-15(16)13(4)5/h12-15H,7-11H2,1-6H3. The van der Waals surface area contributed by atoms with Crippen molar-refractivity contribution in [1.82, 2.24) is 0 Å². The molecule has 0 aromatic carbocycles. The molecule has 0 radical (unpaired) electrons. The van der Waals surface area contributed by atoms with Crippen LogP contribution < -0.4 is 0 Å². The van der Waals surface area contributed by atoms with Crippen LogP contribution in [-0.2, 0) is 0 Å². The number of rotatable bonds is 4. The predicted octanol–water partition coefficient (Wildman–Crippen LogP) is 5.52. The lowest BCUT2D eigenvalue weighted by atomic mass is 9.59. The molecule has 1 rings (SSSR count).